The van der Waals surface area contributed by atoms with Crippen molar-refractivity contribution in [3.05, 3.63) is 96.3 Å². The van der Waals surface area contributed by atoms with Crippen LogP contribution in [0.1, 0.15) is 21.5 Å². The lowest BCUT2D eigenvalue weighted by Gasteiger charge is -2.04. The average Bonchev–Trinajstić information content (AvgIpc) is 3.21. The highest BCUT2D eigenvalue weighted by Gasteiger charge is 2.09. The molecule has 0 radical (unpaired) electrons. The fourth-order valence-corrected chi connectivity index (χ4v) is 2.73. The predicted octanol–water partition coefficient (Wildman–Crippen LogP) is 2.71. The number of aromatic nitrogens is 5. The van der Waals surface area contributed by atoms with Crippen molar-refractivity contribution >= 4 is 5.91 Å². The van der Waals surface area contributed by atoms with E-state index in [2.05, 4.69) is 37.5 Å². The SMILES string of the molecule is O=C(NCc1cnn(Cc2ccccc2)c1)c1cnc(-c2cccnc2)nc1. The first-order valence-corrected chi connectivity index (χ1v) is 8.84. The smallest absolute Gasteiger partial charge is 0.254 e. The van der Waals surface area contributed by atoms with Gasteiger partial charge in [-0.25, -0.2) is 9.97 Å². The fourth-order valence-electron chi connectivity index (χ4n) is 2.73. The molecular formula is C21H18N6O. The summed E-state index contributed by atoms with van der Waals surface area (Å²) in [5, 5.41) is 7.21. The van der Waals surface area contributed by atoms with Gasteiger partial charge < -0.3 is 5.32 Å². The zero-order valence-electron chi connectivity index (χ0n) is 15.1. The molecule has 0 fully saturated rings. The van der Waals surface area contributed by atoms with Crippen LogP contribution in [0.2, 0.25) is 0 Å². The predicted molar refractivity (Wildman–Crippen MR) is 104 cm³/mol. The summed E-state index contributed by atoms with van der Waals surface area (Å²) >= 11 is 0. The summed E-state index contributed by atoms with van der Waals surface area (Å²) in [6.07, 6.45) is 10.1. The summed E-state index contributed by atoms with van der Waals surface area (Å²) in [6.45, 7) is 1.08. The van der Waals surface area contributed by atoms with E-state index in [-0.39, 0.29) is 5.91 Å². The Labute approximate surface area is 162 Å². The maximum atomic E-state index is 12.3. The van der Waals surface area contributed by atoms with E-state index in [4.69, 9.17) is 0 Å². The van der Waals surface area contributed by atoms with Crippen LogP contribution >= 0.6 is 0 Å². The maximum absolute atomic E-state index is 12.3. The minimum absolute atomic E-state index is 0.228. The van der Waals surface area contributed by atoms with E-state index >= 15 is 0 Å². The zero-order valence-corrected chi connectivity index (χ0v) is 15.1. The number of hydrogen-bond donors (Lipinski definition) is 1. The summed E-state index contributed by atoms with van der Waals surface area (Å²) in [5.41, 5.74) is 3.31. The molecule has 1 aromatic carbocycles. The highest BCUT2D eigenvalue weighted by atomic mass is 16.1. The van der Waals surface area contributed by atoms with Crippen molar-refractivity contribution in [1.29, 1.82) is 0 Å². The molecular weight excluding hydrogens is 352 g/mol. The Morgan fingerprint density at radius 3 is 2.50 bits per heavy atom. The fraction of sp³-hybridized carbons (Fsp3) is 0.0952. The van der Waals surface area contributed by atoms with Crippen molar-refractivity contribution in [2.75, 3.05) is 0 Å². The lowest BCUT2D eigenvalue weighted by molar-refractivity contribution is 0.0950. The van der Waals surface area contributed by atoms with Gasteiger partial charge >= 0.3 is 0 Å². The van der Waals surface area contributed by atoms with Gasteiger partial charge in [-0.05, 0) is 17.7 Å². The van der Waals surface area contributed by atoms with Crippen LogP contribution in [0.3, 0.4) is 0 Å². The van der Waals surface area contributed by atoms with Gasteiger partial charge in [0.05, 0.1) is 18.3 Å². The summed E-state index contributed by atoms with van der Waals surface area (Å²) in [6, 6.07) is 13.8. The molecule has 0 atom stereocenters. The second-order valence-corrected chi connectivity index (χ2v) is 6.25. The number of hydrogen-bond acceptors (Lipinski definition) is 5. The van der Waals surface area contributed by atoms with Crippen LogP contribution in [0.5, 0.6) is 0 Å². The molecule has 0 aliphatic heterocycles. The molecule has 3 heterocycles. The zero-order chi connectivity index (χ0) is 19.2. The molecule has 4 aromatic rings. The van der Waals surface area contributed by atoms with E-state index in [1.54, 1.807) is 18.6 Å². The largest absolute Gasteiger partial charge is 0.348 e. The monoisotopic (exact) mass is 370 g/mol. The highest BCUT2D eigenvalue weighted by Crippen LogP contribution is 2.12. The lowest BCUT2D eigenvalue weighted by Crippen LogP contribution is -2.23. The van der Waals surface area contributed by atoms with Gasteiger partial charge in [-0.3, -0.25) is 14.5 Å². The van der Waals surface area contributed by atoms with E-state index in [9.17, 15) is 4.79 Å². The van der Waals surface area contributed by atoms with Gasteiger partial charge in [-0.15, -0.1) is 0 Å². The van der Waals surface area contributed by atoms with Crippen molar-refractivity contribution < 1.29 is 4.79 Å². The molecule has 0 saturated carbocycles. The van der Waals surface area contributed by atoms with Crippen LogP contribution in [0.25, 0.3) is 11.4 Å². The second-order valence-electron chi connectivity index (χ2n) is 6.25. The third kappa shape index (κ3) is 4.27. The Balaban J connectivity index is 1.34. The molecule has 0 bridgehead atoms. The maximum Gasteiger partial charge on any atom is 0.254 e. The molecule has 0 unspecified atom stereocenters. The minimum atomic E-state index is -0.228. The van der Waals surface area contributed by atoms with Crippen LogP contribution in [0.15, 0.2) is 79.6 Å². The molecule has 0 aliphatic rings. The third-order valence-electron chi connectivity index (χ3n) is 4.16. The average molecular weight is 370 g/mol. The first-order valence-electron chi connectivity index (χ1n) is 8.84. The molecule has 1 N–H and O–H groups in total. The van der Waals surface area contributed by atoms with Crippen LogP contribution in [0.4, 0.5) is 0 Å². The lowest BCUT2D eigenvalue weighted by atomic mass is 10.2. The van der Waals surface area contributed by atoms with Crippen molar-refractivity contribution in [3.63, 3.8) is 0 Å². The molecule has 4 rings (SSSR count). The second kappa shape index (κ2) is 8.22. The van der Waals surface area contributed by atoms with E-state index in [1.165, 1.54) is 18.0 Å². The number of rotatable bonds is 6. The van der Waals surface area contributed by atoms with Crippen molar-refractivity contribution in [2.45, 2.75) is 13.1 Å². The third-order valence-corrected chi connectivity index (χ3v) is 4.16. The molecule has 1 amide bonds. The molecule has 0 saturated heterocycles. The Bertz CT molecular complexity index is 1050. The number of benzene rings is 1. The Morgan fingerprint density at radius 2 is 1.75 bits per heavy atom. The number of nitrogens with zero attached hydrogens (tertiary/aromatic N) is 5. The number of pyridine rings is 1. The van der Waals surface area contributed by atoms with Crippen LogP contribution in [0, 0.1) is 0 Å². The molecule has 28 heavy (non-hydrogen) atoms. The number of amides is 1. The van der Waals surface area contributed by atoms with Crippen molar-refractivity contribution in [1.82, 2.24) is 30.0 Å². The highest BCUT2D eigenvalue weighted by molar-refractivity contribution is 5.93. The molecule has 138 valence electrons. The summed E-state index contributed by atoms with van der Waals surface area (Å²) in [4.78, 5) is 24.9. The summed E-state index contributed by atoms with van der Waals surface area (Å²) in [5.74, 6) is 0.306. The first-order chi connectivity index (χ1) is 13.8. The van der Waals surface area contributed by atoms with Crippen molar-refractivity contribution in [3.8, 4) is 11.4 Å². The van der Waals surface area contributed by atoms with Gasteiger partial charge in [0.15, 0.2) is 5.82 Å². The normalized spacial score (nSPS) is 10.6. The summed E-state index contributed by atoms with van der Waals surface area (Å²) < 4.78 is 1.85. The van der Waals surface area contributed by atoms with E-state index < -0.39 is 0 Å². The number of carbonyl (C=O) groups excluding carboxylic acids is 1. The first kappa shape index (κ1) is 17.5. The van der Waals surface area contributed by atoms with Gasteiger partial charge in [-0.1, -0.05) is 30.3 Å². The molecule has 0 spiro atoms. The van der Waals surface area contributed by atoms with E-state index in [1.807, 2.05) is 41.2 Å². The van der Waals surface area contributed by atoms with Gasteiger partial charge in [0.2, 0.25) is 0 Å². The Kier molecular flexibility index (Phi) is 5.15. The quantitative estimate of drug-likeness (QED) is 0.564. The van der Waals surface area contributed by atoms with Crippen LogP contribution in [-0.4, -0.2) is 30.6 Å². The number of nitrogens with one attached hydrogen (secondary N) is 1. The van der Waals surface area contributed by atoms with Gasteiger partial charge in [0, 0.05) is 48.7 Å². The van der Waals surface area contributed by atoms with E-state index in [0.717, 1.165) is 11.1 Å². The molecule has 0 aliphatic carbocycles. The molecule has 3 aromatic heterocycles. The topological polar surface area (TPSA) is 85.6 Å². The van der Waals surface area contributed by atoms with Gasteiger partial charge in [0.1, 0.15) is 0 Å². The van der Waals surface area contributed by atoms with Gasteiger partial charge in [0.25, 0.3) is 5.91 Å². The summed E-state index contributed by atoms with van der Waals surface area (Å²) in [7, 11) is 0. The van der Waals surface area contributed by atoms with Crippen LogP contribution < -0.4 is 5.32 Å². The van der Waals surface area contributed by atoms with Crippen molar-refractivity contribution in [2.24, 2.45) is 0 Å². The Hall–Kier alpha value is -3.87. The minimum Gasteiger partial charge on any atom is -0.348 e. The standard InChI is InChI=1S/C21H18N6O/c28-21(19-12-23-20(24-13-19)18-7-4-8-22-11-18)25-9-17-10-26-27(15-17)14-16-5-2-1-3-6-16/h1-8,10-13,15H,9,14H2,(H,25,28). The van der Waals surface area contributed by atoms with E-state index in [0.29, 0.717) is 24.5 Å². The Morgan fingerprint density at radius 1 is 0.929 bits per heavy atom. The number of carbonyl (C=O) groups is 1. The molecule has 7 heteroatoms. The van der Waals surface area contributed by atoms with Crippen LogP contribution in [-0.2, 0) is 13.1 Å². The molecule has 7 nitrogen and oxygen atoms in total. The van der Waals surface area contributed by atoms with Gasteiger partial charge in [-0.2, -0.15) is 5.10 Å².